The van der Waals surface area contributed by atoms with Gasteiger partial charge in [-0.1, -0.05) is 17.7 Å². The fraction of sp³-hybridized carbons (Fsp3) is 0.345. The number of carbonyl (C=O) groups is 2. The zero-order chi connectivity index (χ0) is 51.8. The molecule has 3 N–H and O–H groups in total. The van der Waals surface area contributed by atoms with Gasteiger partial charge in [0.1, 0.15) is 11.5 Å². The second kappa shape index (κ2) is 23.1. The number of amides is 1. The molecule has 73 heavy (non-hydrogen) atoms. The van der Waals surface area contributed by atoms with Crippen LogP contribution in [0, 0.1) is 20.8 Å². The number of hydrogen-bond acceptors (Lipinski definition) is 15. The fourth-order valence-corrected chi connectivity index (χ4v) is 9.10. The van der Waals surface area contributed by atoms with Gasteiger partial charge in [0, 0.05) is 120 Å². The van der Waals surface area contributed by atoms with E-state index in [0.29, 0.717) is 41.0 Å². The second-order valence-electron chi connectivity index (χ2n) is 18.5. The van der Waals surface area contributed by atoms with Crippen molar-refractivity contribution in [2.75, 3.05) is 113 Å². The van der Waals surface area contributed by atoms with Crippen molar-refractivity contribution in [3.63, 3.8) is 0 Å². The predicted molar refractivity (Wildman–Crippen MR) is 289 cm³/mol. The number of nitrogens with zero attached hydrogens (tertiary/aromatic N) is 10. The maximum Gasteiger partial charge on any atom is 0.339 e. The third-order valence-electron chi connectivity index (χ3n) is 13.1. The third-order valence-corrected chi connectivity index (χ3v) is 13.1. The predicted octanol–water partition coefficient (Wildman–Crippen LogP) is 8.33. The number of esters is 1. The number of ether oxygens (including phenoxy) is 3. The van der Waals surface area contributed by atoms with E-state index in [1.54, 1.807) is 45.8 Å². The molecule has 9 rings (SSSR count). The molecule has 0 bridgehead atoms. The van der Waals surface area contributed by atoms with E-state index >= 15 is 0 Å². The summed E-state index contributed by atoms with van der Waals surface area (Å²) in [7, 11) is 11.4. The minimum absolute atomic E-state index is 0.158. The molecule has 0 radical (unpaired) electrons. The van der Waals surface area contributed by atoms with Gasteiger partial charge in [-0.15, -0.1) is 0 Å². The summed E-state index contributed by atoms with van der Waals surface area (Å²) in [5.74, 6) is 1.83. The molecule has 3 aromatic carbocycles. The quantitative estimate of drug-likeness (QED) is 0.0888. The van der Waals surface area contributed by atoms with Crippen LogP contribution in [0.5, 0.6) is 11.5 Å². The van der Waals surface area contributed by atoms with Crippen LogP contribution in [0.15, 0.2) is 97.6 Å². The number of likely N-dealkylation sites (N-methyl/N-ethyl adjacent to an activating group) is 2. The first-order valence-corrected chi connectivity index (χ1v) is 24.5. The van der Waals surface area contributed by atoms with Crippen molar-refractivity contribution >= 4 is 52.2 Å². The molecule has 2 saturated heterocycles. The Morgan fingerprint density at radius 2 is 1.04 bits per heavy atom. The molecule has 0 atom stereocenters. The van der Waals surface area contributed by atoms with Crippen LogP contribution in [0.3, 0.4) is 0 Å². The molecule has 0 aliphatic carbocycles. The number of piperazine rings is 2. The van der Waals surface area contributed by atoms with Gasteiger partial charge >= 0.3 is 5.97 Å². The van der Waals surface area contributed by atoms with Crippen LogP contribution < -0.4 is 35.2 Å². The highest BCUT2D eigenvalue weighted by Gasteiger charge is 2.21. The van der Waals surface area contributed by atoms with Crippen molar-refractivity contribution < 1.29 is 23.8 Å². The Bertz CT molecular complexity index is 3040. The Morgan fingerprint density at radius 3 is 1.49 bits per heavy atom. The molecule has 382 valence electrons. The molecular formula is C55H67N13O5. The van der Waals surface area contributed by atoms with Crippen LogP contribution in [0.25, 0.3) is 22.8 Å². The van der Waals surface area contributed by atoms with Gasteiger partial charge in [0.25, 0.3) is 5.91 Å². The Kier molecular flexibility index (Phi) is 16.2. The molecule has 6 heterocycles. The van der Waals surface area contributed by atoms with Crippen LogP contribution in [0.2, 0.25) is 0 Å². The van der Waals surface area contributed by atoms with Crippen molar-refractivity contribution in [2.45, 2.75) is 27.7 Å². The van der Waals surface area contributed by atoms with Crippen LogP contribution >= 0.6 is 0 Å². The number of nitrogens with one attached hydrogen (secondary N) is 3. The maximum atomic E-state index is 13.1. The number of aromatic nitrogens is 6. The zero-order valence-corrected chi connectivity index (χ0v) is 43.6. The molecule has 2 aliphatic heterocycles. The topological polar surface area (TPSA) is 172 Å². The van der Waals surface area contributed by atoms with E-state index in [-0.39, 0.29) is 11.9 Å². The van der Waals surface area contributed by atoms with Crippen molar-refractivity contribution in [1.82, 2.24) is 38.9 Å². The summed E-state index contributed by atoms with van der Waals surface area (Å²) in [5.41, 5.74) is 12.0. The average molecular weight is 990 g/mol. The first-order valence-electron chi connectivity index (χ1n) is 24.5. The highest BCUT2D eigenvalue weighted by Crippen LogP contribution is 2.34. The monoisotopic (exact) mass is 990 g/mol. The maximum absolute atomic E-state index is 13.1. The molecule has 18 heteroatoms. The lowest BCUT2D eigenvalue weighted by Gasteiger charge is -2.34. The molecule has 2 aliphatic rings. The largest absolute Gasteiger partial charge is 0.494 e. The SMILES string of the molecule is CCOC(=O)c1cc(-c2ccnc(Nc3ccc(N4CCN(C)CC4)cc3OC)n2)n(C)c1.COc1cc(N2CCN(C)CC2)ccc1Nc1nccc(-c2cc(C(=O)Nc3c(C)cc(C)cc3C)cn2C)n1. The molecule has 4 aromatic heterocycles. The fourth-order valence-electron chi connectivity index (χ4n) is 9.10. The minimum atomic E-state index is -0.350. The highest BCUT2D eigenvalue weighted by molar-refractivity contribution is 6.05. The molecule has 18 nitrogen and oxygen atoms in total. The van der Waals surface area contributed by atoms with Crippen LogP contribution in [-0.2, 0) is 18.8 Å². The number of benzene rings is 3. The van der Waals surface area contributed by atoms with Crippen LogP contribution in [0.1, 0.15) is 44.3 Å². The third kappa shape index (κ3) is 12.4. The summed E-state index contributed by atoms with van der Waals surface area (Å²) >= 11 is 0. The Hall–Kier alpha value is -7.96. The van der Waals surface area contributed by atoms with E-state index in [1.165, 1.54) is 5.56 Å². The second-order valence-corrected chi connectivity index (χ2v) is 18.5. The lowest BCUT2D eigenvalue weighted by Crippen LogP contribution is -2.44. The van der Waals surface area contributed by atoms with E-state index < -0.39 is 0 Å². The summed E-state index contributed by atoms with van der Waals surface area (Å²) in [6.07, 6.45) is 6.95. The van der Waals surface area contributed by atoms with Gasteiger partial charge in [-0.2, -0.15) is 0 Å². The Balaban J connectivity index is 0.000000199. The van der Waals surface area contributed by atoms with Crippen molar-refractivity contribution in [2.24, 2.45) is 14.1 Å². The first kappa shape index (κ1) is 51.4. The molecular weight excluding hydrogens is 923 g/mol. The molecule has 0 unspecified atom stereocenters. The molecule has 7 aromatic rings. The van der Waals surface area contributed by atoms with E-state index in [4.69, 9.17) is 19.2 Å². The number of rotatable bonds is 14. The number of hydrogen-bond donors (Lipinski definition) is 3. The van der Waals surface area contributed by atoms with Gasteiger partial charge < -0.3 is 58.9 Å². The van der Waals surface area contributed by atoms with Gasteiger partial charge in [-0.3, -0.25) is 4.79 Å². The molecule has 0 saturated carbocycles. The van der Waals surface area contributed by atoms with Gasteiger partial charge in [0.2, 0.25) is 11.9 Å². The van der Waals surface area contributed by atoms with Crippen molar-refractivity contribution in [3.05, 3.63) is 125 Å². The summed E-state index contributed by atoms with van der Waals surface area (Å²) in [6, 6.07) is 23.7. The smallest absolute Gasteiger partial charge is 0.339 e. The standard InChI is InChI=1S/C31H37N7O2.C24H30N6O3/c1-20-15-21(2)29(22(3)16-20)35-30(39)23-17-27(37(5)19-23)25-9-10-32-31(33-25)34-26-8-7-24(18-28(26)40-6)38-13-11-36(4)12-14-38;1-5-33-23(31)17-14-21(29(3)16-17)19-8-9-25-24(26-19)27-20-7-6-18(15-22(20)32-4)30-12-10-28(2)11-13-30/h7-10,15-19H,11-14H2,1-6H3,(H,35,39)(H,32,33,34);6-9,14-16H,5,10-13H2,1-4H3,(H,25,26,27). The summed E-state index contributed by atoms with van der Waals surface area (Å²) in [5, 5.41) is 9.66. The van der Waals surface area contributed by atoms with Crippen molar-refractivity contribution in [1.29, 1.82) is 0 Å². The van der Waals surface area contributed by atoms with Gasteiger partial charge in [0.15, 0.2) is 0 Å². The van der Waals surface area contributed by atoms with Crippen LogP contribution in [-0.4, -0.2) is 138 Å². The van der Waals surface area contributed by atoms with Crippen LogP contribution in [0.4, 0.5) is 40.3 Å². The van der Waals surface area contributed by atoms with Gasteiger partial charge in [0.05, 0.1) is 66.1 Å². The lowest BCUT2D eigenvalue weighted by atomic mass is 10.0. The normalized spacial score (nSPS) is 14.0. The summed E-state index contributed by atoms with van der Waals surface area (Å²) in [6.45, 7) is 16.3. The van der Waals surface area contributed by atoms with E-state index in [0.717, 1.165) is 115 Å². The number of carbonyl (C=O) groups excluding carboxylic acids is 2. The average Bonchev–Trinajstić information content (AvgIpc) is 3.98. The lowest BCUT2D eigenvalue weighted by molar-refractivity contribution is 0.0526. The number of methoxy groups -OCH3 is 2. The highest BCUT2D eigenvalue weighted by atomic mass is 16.5. The van der Waals surface area contributed by atoms with Crippen molar-refractivity contribution in [3.8, 4) is 34.3 Å². The van der Waals surface area contributed by atoms with Gasteiger partial charge in [-0.05, 0) is 101 Å². The summed E-state index contributed by atoms with van der Waals surface area (Å²) in [4.78, 5) is 52.8. The number of aryl methyl sites for hydroxylation is 5. The molecule has 2 fully saturated rings. The Labute approximate surface area is 428 Å². The first-order chi connectivity index (χ1) is 35.2. The summed E-state index contributed by atoms with van der Waals surface area (Å²) < 4.78 is 20.2. The van der Waals surface area contributed by atoms with Gasteiger partial charge in [-0.25, -0.2) is 24.7 Å². The number of anilines is 7. The van der Waals surface area contributed by atoms with E-state index in [2.05, 4.69) is 102 Å². The minimum Gasteiger partial charge on any atom is -0.494 e. The van der Waals surface area contributed by atoms with E-state index in [1.807, 2.05) is 79.7 Å². The molecule has 1 amide bonds. The van der Waals surface area contributed by atoms with E-state index in [9.17, 15) is 9.59 Å². The molecule has 0 spiro atoms. The Morgan fingerprint density at radius 1 is 0.589 bits per heavy atom. The zero-order valence-electron chi connectivity index (χ0n) is 43.6.